The first-order valence-corrected chi connectivity index (χ1v) is 3.74. The fourth-order valence-corrected chi connectivity index (χ4v) is 0.719. The summed E-state index contributed by atoms with van der Waals surface area (Å²) in [6.07, 6.45) is 1.71. The van der Waals surface area contributed by atoms with Crippen molar-refractivity contribution in [1.82, 2.24) is 10.7 Å². The lowest BCUT2D eigenvalue weighted by atomic mass is 10.3. The third kappa shape index (κ3) is 2.85. The standard InChI is InChI=1S/C7H10N3O3/c11-4-6(12)3-8-7(13)5-1-9-10-2-5/h1-2,6,11-12H,3-4H2,(H,8,13). The lowest BCUT2D eigenvalue weighted by Gasteiger charge is -2.07. The van der Waals surface area contributed by atoms with Crippen LogP contribution in [0.15, 0.2) is 16.9 Å². The number of carbonyl (C=O) groups excluding carboxylic acids is 1. The van der Waals surface area contributed by atoms with Crippen molar-refractivity contribution in [2.75, 3.05) is 13.2 Å². The second-order valence-electron chi connectivity index (χ2n) is 2.49. The molecule has 0 spiro atoms. The molecule has 6 nitrogen and oxygen atoms in total. The average molecular weight is 184 g/mol. The van der Waals surface area contributed by atoms with Crippen LogP contribution in [0, 0.1) is 0 Å². The highest BCUT2D eigenvalue weighted by molar-refractivity contribution is 6.12. The van der Waals surface area contributed by atoms with Crippen LogP contribution in [0.5, 0.6) is 0 Å². The van der Waals surface area contributed by atoms with Gasteiger partial charge >= 0.3 is 0 Å². The first kappa shape index (κ1) is 9.69. The van der Waals surface area contributed by atoms with Gasteiger partial charge in [0, 0.05) is 6.54 Å². The molecule has 1 rings (SSSR count). The van der Waals surface area contributed by atoms with Crippen molar-refractivity contribution < 1.29 is 15.0 Å². The summed E-state index contributed by atoms with van der Waals surface area (Å²) in [5.74, 6) is -0.363. The molecule has 13 heavy (non-hydrogen) atoms. The van der Waals surface area contributed by atoms with Crippen LogP contribution in [-0.2, 0) is 4.79 Å². The molecule has 0 aliphatic carbocycles. The Labute approximate surface area is 74.9 Å². The number of hydrogen-bond acceptors (Lipinski definition) is 4. The molecule has 1 heterocycles. The number of carbonyl (C=O) groups is 1. The molecule has 71 valence electrons. The lowest BCUT2D eigenvalue weighted by molar-refractivity contribution is -0.117. The summed E-state index contributed by atoms with van der Waals surface area (Å²) in [5.41, 5.74) is 3.81. The van der Waals surface area contributed by atoms with Gasteiger partial charge in [-0.05, 0) is 0 Å². The first-order valence-electron chi connectivity index (χ1n) is 3.74. The fourth-order valence-electron chi connectivity index (χ4n) is 0.719. The Bertz CT molecular complexity index is 249. The second kappa shape index (κ2) is 4.58. The number of amides is 1. The van der Waals surface area contributed by atoms with Gasteiger partial charge in [0.15, 0.2) is 0 Å². The van der Waals surface area contributed by atoms with Crippen molar-refractivity contribution in [3.63, 3.8) is 0 Å². The molecule has 0 aromatic carbocycles. The monoisotopic (exact) mass is 184 g/mol. The second-order valence-corrected chi connectivity index (χ2v) is 2.49. The van der Waals surface area contributed by atoms with E-state index in [0.29, 0.717) is 5.57 Å². The highest BCUT2D eigenvalue weighted by atomic mass is 16.3. The van der Waals surface area contributed by atoms with Gasteiger partial charge in [0.1, 0.15) is 0 Å². The van der Waals surface area contributed by atoms with Crippen molar-refractivity contribution in [3.05, 3.63) is 11.8 Å². The van der Waals surface area contributed by atoms with Crippen LogP contribution in [-0.4, -0.2) is 41.6 Å². The van der Waals surface area contributed by atoms with Crippen molar-refractivity contribution in [2.45, 2.75) is 6.10 Å². The van der Waals surface area contributed by atoms with Crippen molar-refractivity contribution in [1.29, 1.82) is 0 Å². The summed E-state index contributed by atoms with van der Waals surface area (Å²) in [6, 6.07) is 0. The predicted molar refractivity (Wildman–Crippen MR) is 44.8 cm³/mol. The summed E-state index contributed by atoms with van der Waals surface area (Å²) >= 11 is 0. The summed E-state index contributed by atoms with van der Waals surface area (Å²) in [7, 11) is 0. The van der Waals surface area contributed by atoms with E-state index in [2.05, 4.69) is 15.8 Å². The van der Waals surface area contributed by atoms with Crippen LogP contribution in [0.3, 0.4) is 0 Å². The van der Waals surface area contributed by atoms with E-state index in [1.165, 1.54) is 12.4 Å². The maximum atomic E-state index is 11.1. The van der Waals surface area contributed by atoms with Gasteiger partial charge in [0.25, 0.3) is 5.91 Å². The van der Waals surface area contributed by atoms with Crippen molar-refractivity contribution in [3.8, 4) is 0 Å². The Kier molecular flexibility index (Phi) is 3.41. The molecule has 3 N–H and O–H groups in total. The highest BCUT2D eigenvalue weighted by Crippen LogP contribution is 1.95. The quantitative estimate of drug-likeness (QED) is 0.469. The Hall–Kier alpha value is -1.40. The number of nitrogens with zero attached hydrogens (tertiary/aromatic N) is 2. The molecular weight excluding hydrogens is 174 g/mol. The summed E-state index contributed by atoms with van der Waals surface area (Å²) in [6.45, 7) is -0.363. The average Bonchev–Trinajstić information content (AvgIpc) is 2.66. The van der Waals surface area contributed by atoms with Crippen LogP contribution in [0.1, 0.15) is 0 Å². The number of aliphatic hydroxyl groups is 2. The predicted octanol–water partition coefficient (Wildman–Crippen LogP) is -2.06. The fraction of sp³-hybridized carbons (Fsp3) is 0.429. The zero-order valence-corrected chi connectivity index (χ0v) is 6.84. The molecule has 1 atom stereocenters. The normalized spacial score (nSPS) is 16.3. The van der Waals surface area contributed by atoms with Gasteiger partial charge in [-0.25, -0.2) is 0 Å². The number of hydrogen-bond donors (Lipinski definition) is 3. The third-order valence-electron chi connectivity index (χ3n) is 1.43. The van der Waals surface area contributed by atoms with Crippen LogP contribution < -0.4 is 10.7 Å². The van der Waals surface area contributed by atoms with E-state index in [9.17, 15) is 4.79 Å². The van der Waals surface area contributed by atoms with Crippen molar-refractivity contribution in [2.24, 2.45) is 5.10 Å². The Morgan fingerprint density at radius 2 is 2.46 bits per heavy atom. The van der Waals surface area contributed by atoms with Crippen LogP contribution in [0.25, 0.3) is 0 Å². The minimum absolute atomic E-state index is 0.0144. The van der Waals surface area contributed by atoms with Gasteiger partial charge in [-0.1, -0.05) is 0 Å². The van der Waals surface area contributed by atoms with Gasteiger partial charge in [-0.2, -0.15) is 10.5 Å². The largest absolute Gasteiger partial charge is 0.394 e. The zero-order chi connectivity index (χ0) is 9.68. The topological polar surface area (TPSA) is 96.0 Å². The van der Waals surface area contributed by atoms with E-state index in [-0.39, 0.29) is 19.1 Å². The molecule has 0 saturated heterocycles. The van der Waals surface area contributed by atoms with E-state index in [0.717, 1.165) is 0 Å². The van der Waals surface area contributed by atoms with Gasteiger partial charge < -0.3 is 15.5 Å². The van der Waals surface area contributed by atoms with Gasteiger partial charge in [-0.15, -0.1) is 0 Å². The Morgan fingerprint density at radius 3 is 3.00 bits per heavy atom. The van der Waals surface area contributed by atoms with Gasteiger partial charge in [0.2, 0.25) is 0 Å². The first-order chi connectivity index (χ1) is 6.24. The van der Waals surface area contributed by atoms with E-state index in [4.69, 9.17) is 10.2 Å². The number of aliphatic hydroxyl groups excluding tert-OH is 2. The maximum absolute atomic E-state index is 11.1. The molecular formula is C7H10N3O3. The lowest BCUT2D eigenvalue weighted by Crippen LogP contribution is -2.34. The van der Waals surface area contributed by atoms with Crippen molar-refractivity contribution >= 4 is 12.1 Å². The number of nitrogens with one attached hydrogen (secondary N) is 1. The minimum Gasteiger partial charge on any atom is -0.394 e. The van der Waals surface area contributed by atoms with E-state index in [1.54, 1.807) is 0 Å². The Morgan fingerprint density at radius 1 is 1.69 bits per heavy atom. The molecule has 1 aliphatic heterocycles. The minimum atomic E-state index is -0.931. The number of rotatable bonds is 4. The molecule has 1 amide bonds. The summed E-state index contributed by atoms with van der Waals surface area (Å²) in [4.78, 5) is 11.1. The van der Waals surface area contributed by atoms with Crippen LogP contribution in [0.4, 0.5) is 0 Å². The molecule has 6 heteroatoms. The molecule has 0 saturated carbocycles. The van der Waals surface area contributed by atoms with Gasteiger partial charge in [-0.3, -0.25) is 4.79 Å². The van der Waals surface area contributed by atoms with Crippen LogP contribution >= 0.6 is 0 Å². The SMILES string of the molecule is O=C(NCC(O)CO)C1=C[N]N=C1. The molecule has 1 unspecified atom stereocenters. The molecule has 1 radical (unpaired) electrons. The van der Waals surface area contributed by atoms with E-state index >= 15 is 0 Å². The molecule has 1 aliphatic rings. The smallest absolute Gasteiger partial charge is 0.254 e. The summed E-state index contributed by atoms with van der Waals surface area (Å²) < 4.78 is 0. The van der Waals surface area contributed by atoms with Crippen LogP contribution in [0.2, 0.25) is 0 Å². The Balaban J connectivity index is 2.29. The molecule has 0 aromatic rings. The third-order valence-corrected chi connectivity index (χ3v) is 1.43. The summed E-state index contributed by atoms with van der Waals surface area (Å²) in [5, 5.41) is 23.2. The van der Waals surface area contributed by atoms with E-state index in [1.807, 2.05) is 0 Å². The highest BCUT2D eigenvalue weighted by Gasteiger charge is 2.11. The molecule has 0 fully saturated rings. The molecule has 0 aromatic heterocycles. The van der Waals surface area contributed by atoms with Gasteiger partial charge in [0.05, 0.1) is 30.7 Å². The maximum Gasteiger partial charge on any atom is 0.254 e. The van der Waals surface area contributed by atoms with E-state index < -0.39 is 6.10 Å². The molecule has 0 bridgehead atoms. The zero-order valence-electron chi connectivity index (χ0n) is 6.84.